The Kier molecular flexibility index (Phi) is 4.39. The summed E-state index contributed by atoms with van der Waals surface area (Å²) in [6.07, 6.45) is 5.20. The highest BCUT2D eigenvalue weighted by Gasteiger charge is 2.21. The Labute approximate surface area is 126 Å². The molecule has 3 rings (SSSR count). The topological polar surface area (TPSA) is 34.1 Å². The number of hydrogen-bond donors (Lipinski definition) is 1. The molecule has 0 amide bonds. The smallest absolute Gasteiger partial charge is 0.221 e. The Morgan fingerprint density at radius 2 is 2.14 bits per heavy atom. The van der Waals surface area contributed by atoms with Crippen LogP contribution in [-0.4, -0.2) is 18.1 Å². The summed E-state index contributed by atoms with van der Waals surface area (Å²) in [5.74, 6) is 1.56. The summed E-state index contributed by atoms with van der Waals surface area (Å²) < 4.78 is 6.29. The third kappa shape index (κ3) is 3.35. The standard InChI is InChI=1S/C18H24N2O/c1-13-6-5-8-16(10-13)21-18-17-9-4-3-7-14(17)11-15(20-18)12-19-2/h3-4,7,9,11,13,16,19H,5-6,8,10,12H2,1-2H3. The maximum atomic E-state index is 6.29. The van der Waals surface area contributed by atoms with Gasteiger partial charge < -0.3 is 10.1 Å². The molecule has 2 atom stereocenters. The van der Waals surface area contributed by atoms with E-state index in [1.54, 1.807) is 0 Å². The Hall–Kier alpha value is -1.61. The van der Waals surface area contributed by atoms with Crippen LogP contribution in [-0.2, 0) is 6.54 Å². The van der Waals surface area contributed by atoms with Gasteiger partial charge in [-0.15, -0.1) is 0 Å². The van der Waals surface area contributed by atoms with Crippen LogP contribution >= 0.6 is 0 Å². The third-order valence-electron chi connectivity index (χ3n) is 4.28. The van der Waals surface area contributed by atoms with Crippen molar-refractivity contribution in [1.29, 1.82) is 0 Å². The highest BCUT2D eigenvalue weighted by Crippen LogP contribution is 2.30. The highest BCUT2D eigenvalue weighted by molar-refractivity contribution is 5.87. The van der Waals surface area contributed by atoms with Gasteiger partial charge in [0.2, 0.25) is 5.88 Å². The molecule has 3 nitrogen and oxygen atoms in total. The van der Waals surface area contributed by atoms with Crippen molar-refractivity contribution in [2.45, 2.75) is 45.3 Å². The van der Waals surface area contributed by atoms with Crippen molar-refractivity contribution in [2.75, 3.05) is 7.05 Å². The van der Waals surface area contributed by atoms with Gasteiger partial charge in [-0.25, -0.2) is 4.98 Å². The molecule has 2 unspecified atom stereocenters. The molecule has 1 aromatic heterocycles. The van der Waals surface area contributed by atoms with Gasteiger partial charge in [0.25, 0.3) is 0 Å². The van der Waals surface area contributed by atoms with Crippen LogP contribution in [0.3, 0.4) is 0 Å². The molecular weight excluding hydrogens is 260 g/mol. The molecule has 1 N–H and O–H groups in total. The normalized spacial score (nSPS) is 22.4. The van der Waals surface area contributed by atoms with Crippen LogP contribution in [0.5, 0.6) is 5.88 Å². The second-order valence-electron chi connectivity index (χ2n) is 6.18. The molecule has 1 aliphatic rings. The fraction of sp³-hybridized carbons (Fsp3) is 0.500. The lowest BCUT2D eigenvalue weighted by atomic mass is 9.89. The summed E-state index contributed by atoms with van der Waals surface area (Å²) in [4.78, 5) is 4.73. The van der Waals surface area contributed by atoms with E-state index in [1.165, 1.54) is 18.2 Å². The lowest BCUT2D eigenvalue weighted by Crippen LogP contribution is -2.24. The average Bonchev–Trinajstić information content (AvgIpc) is 2.48. The van der Waals surface area contributed by atoms with E-state index in [-0.39, 0.29) is 0 Å². The summed E-state index contributed by atoms with van der Waals surface area (Å²) in [5, 5.41) is 5.49. The van der Waals surface area contributed by atoms with Crippen molar-refractivity contribution in [3.63, 3.8) is 0 Å². The van der Waals surface area contributed by atoms with E-state index in [9.17, 15) is 0 Å². The van der Waals surface area contributed by atoms with Gasteiger partial charge in [0.15, 0.2) is 0 Å². The van der Waals surface area contributed by atoms with Crippen LogP contribution in [0, 0.1) is 5.92 Å². The van der Waals surface area contributed by atoms with Crippen LogP contribution in [0.4, 0.5) is 0 Å². The van der Waals surface area contributed by atoms with Gasteiger partial charge in [-0.2, -0.15) is 0 Å². The van der Waals surface area contributed by atoms with Crippen LogP contribution in [0.15, 0.2) is 30.3 Å². The van der Waals surface area contributed by atoms with Gasteiger partial charge in [-0.3, -0.25) is 0 Å². The maximum absolute atomic E-state index is 6.29. The number of rotatable bonds is 4. The van der Waals surface area contributed by atoms with Crippen molar-refractivity contribution in [1.82, 2.24) is 10.3 Å². The van der Waals surface area contributed by atoms with Crippen LogP contribution in [0.1, 0.15) is 38.3 Å². The zero-order chi connectivity index (χ0) is 14.7. The van der Waals surface area contributed by atoms with Crippen molar-refractivity contribution in [2.24, 2.45) is 5.92 Å². The van der Waals surface area contributed by atoms with Gasteiger partial charge in [0.05, 0.1) is 5.69 Å². The zero-order valence-corrected chi connectivity index (χ0v) is 12.9. The van der Waals surface area contributed by atoms with Crippen molar-refractivity contribution in [3.8, 4) is 5.88 Å². The molecule has 0 saturated heterocycles. The number of ether oxygens (including phenoxy) is 1. The predicted molar refractivity (Wildman–Crippen MR) is 86.6 cm³/mol. The fourth-order valence-corrected chi connectivity index (χ4v) is 3.22. The van der Waals surface area contributed by atoms with Gasteiger partial charge in [-0.05, 0) is 49.7 Å². The second kappa shape index (κ2) is 6.44. The number of aromatic nitrogens is 1. The number of nitrogens with zero attached hydrogens (tertiary/aromatic N) is 1. The maximum Gasteiger partial charge on any atom is 0.221 e. The molecular formula is C18H24N2O. The fourth-order valence-electron chi connectivity index (χ4n) is 3.22. The molecule has 2 aromatic rings. The Balaban J connectivity index is 1.91. The molecule has 21 heavy (non-hydrogen) atoms. The van der Waals surface area contributed by atoms with Crippen molar-refractivity contribution >= 4 is 10.8 Å². The molecule has 1 aliphatic carbocycles. The van der Waals surface area contributed by atoms with Crippen molar-refractivity contribution < 1.29 is 4.74 Å². The molecule has 1 saturated carbocycles. The first kappa shape index (κ1) is 14.3. The largest absolute Gasteiger partial charge is 0.474 e. The number of hydrogen-bond acceptors (Lipinski definition) is 3. The van der Waals surface area contributed by atoms with E-state index in [0.717, 1.165) is 42.3 Å². The first-order valence-electron chi connectivity index (χ1n) is 7.96. The highest BCUT2D eigenvalue weighted by atomic mass is 16.5. The quantitative estimate of drug-likeness (QED) is 0.924. The summed E-state index contributed by atoms with van der Waals surface area (Å²) in [6.45, 7) is 3.08. The van der Waals surface area contributed by atoms with E-state index in [1.807, 2.05) is 7.05 Å². The molecule has 112 valence electrons. The number of nitrogens with one attached hydrogen (secondary N) is 1. The summed E-state index contributed by atoms with van der Waals surface area (Å²) >= 11 is 0. The second-order valence-corrected chi connectivity index (χ2v) is 6.18. The number of benzene rings is 1. The first-order valence-corrected chi connectivity index (χ1v) is 7.96. The molecule has 0 radical (unpaired) electrons. The van der Waals surface area contributed by atoms with E-state index < -0.39 is 0 Å². The average molecular weight is 284 g/mol. The van der Waals surface area contributed by atoms with E-state index in [2.05, 4.69) is 42.6 Å². The van der Waals surface area contributed by atoms with Crippen LogP contribution in [0.25, 0.3) is 10.8 Å². The monoisotopic (exact) mass is 284 g/mol. The Morgan fingerprint density at radius 1 is 1.29 bits per heavy atom. The molecule has 1 heterocycles. The van der Waals surface area contributed by atoms with Gasteiger partial charge in [-0.1, -0.05) is 31.5 Å². The molecule has 0 spiro atoms. The van der Waals surface area contributed by atoms with E-state index in [4.69, 9.17) is 9.72 Å². The van der Waals surface area contributed by atoms with Gasteiger partial charge >= 0.3 is 0 Å². The lowest BCUT2D eigenvalue weighted by molar-refractivity contribution is 0.125. The molecule has 0 bridgehead atoms. The van der Waals surface area contributed by atoms with E-state index >= 15 is 0 Å². The molecule has 1 fully saturated rings. The lowest BCUT2D eigenvalue weighted by Gasteiger charge is -2.27. The minimum atomic E-state index is 0.314. The summed E-state index contributed by atoms with van der Waals surface area (Å²) in [7, 11) is 1.94. The van der Waals surface area contributed by atoms with Gasteiger partial charge in [0, 0.05) is 11.9 Å². The third-order valence-corrected chi connectivity index (χ3v) is 4.28. The SMILES string of the molecule is CNCc1cc2ccccc2c(OC2CCCC(C)C2)n1. The van der Waals surface area contributed by atoms with Crippen LogP contribution < -0.4 is 10.1 Å². The van der Waals surface area contributed by atoms with Gasteiger partial charge in [0.1, 0.15) is 6.10 Å². The number of fused-ring (bicyclic) bond motifs is 1. The zero-order valence-electron chi connectivity index (χ0n) is 12.9. The molecule has 1 aromatic carbocycles. The van der Waals surface area contributed by atoms with Crippen molar-refractivity contribution in [3.05, 3.63) is 36.0 Å². The summed E-state index contributed by atoms with van der Waals surface area (Å²) in [6, 6.07) is 10.5. The number of pyridine rings is 1. The minimum absolute atomic E-state index is 0.314. The Bertz CT molecular complexity index is 611. The minimum Gasteiger partial charge on any atom is -0.474 e. The first-order chi connectivity index (χ1) is 10.3. The molecule has 0 aliphatic heterocycles. The Morgan fingerprint density at radius 3 is 2.95 bits per heavy atom. The molecule has 3 heteroatoms. The van der Waals surface area contributed by atoms with Crippen LogP contribution in [0.2, 0.25) is 0 Å². The predicted octanol–water partition coefficient (Wildman–Crippen LogP) is 3.91. The summed E-state index contributed by atoms with van der Waals surface area (Å²) in [5.41, 5.74) is 1.04. The van der Waals surface area contributed by atoms with E-state index in [0.29, 0.717) is 6.10 Å².